The SMILES string of the molecule is CC(Cc1ccco1)NC(=O)c1ccc(C#CCN)cc1. The summed E-state index contributed by atoms with van der Waals surface area (Å²) in [5.74, 6) is 6.45. The van der Waals surface area contributed by atoms with Crippen molar-refractivity contribution in [3.63, 3.8) is 0 Å². The largest absolute Gasteiger partial charge is 0.469 e. The van der Waals surface area contributed by atoms with Crippen molar-refractivity contribution in [2.24, 2.45) is 5.73 Å². The number of hydrogen-bond acceptors (Lipinski definition) is 3. The highest BCUT2D eigenvalue weighted by atomic mass is 16.3. The zero-order chi connectivity index (χ0) is 15.1. The number of amides is 1. The Kier molecular flexibility index (Phi) is 5.19. The van der Waals surface area contributed by atoms with Crippen LogP contribution in [0.1, 0.15) is 28.6 Å². The molecule has 1 atom stereocenters. The molecule has 1 aromatic carbocycles. The van der Waals surface area contributed by atoms with Gasteiger partial charge in [0, 0.05) is 23.6 Å². The highest BCUT2D eigenvalue weighted by Crippen LogP contribution is 2.06. The maximum Gasteiger partial charge on any atom is 0.251 e. The highest BCUT2D eigenvalue weighted by Gasteiger charge is 2.11. The summed E-state index contributed by atoms with van der Waals surface area (Å²) >= 11 is 0. The van der Waals surface area contributed by atoms with Crippen LogP contribution in [0, 0.1) is 11.8 Å². The van der Waals surface area contributed by atoms with Gasteiger partial charge in [-0.05, 0) is 43.3 Å². The fraction of sp³-hybridized carbons (Fsp3) is 0.235. The van der Waals surface area contributed by atoms with E-state index in [1.807, 2.05) is 31.2 Å². The Labute approximate surface area is 124 Å². The van der Waals surface area contributed by atoms with Gasteiger partial charge >= 0.3 is 0 Å². The summed E-state index contributed by atoms with van der Waals surface area (Å²) in [7, 11) is 0. The van der Waals surface area contributed by atoms with Crippen LogP contribution >= 0.6 is 0 Å². The van der Waals surface area contributed by atoms with Gasteiger partial charge in [0.15, 0.2) is 0 Å². The Morgan fingerprint density at radius 3 is 2.71 bits per heavy atom. The van der Waals surface area contributed by atoms with Gasteiger partial charge in [0.1, 0.15) is 5.76 Å². The van der Waals surface area contributed by atoms with Gasteiger partial charge in [-0.1, -0.05) is 11.8 Å². The fourth-order valence-corrected chi connectivity index (χ4v) is 1.95. The summed E-state index contributed by atoms with van der Waals surface area (Å²) in [5.41, 5.74) is 6.78. The number of furan rings is 1. The molecule has 1 unspecified atom stereocenters. The van der Waals surface area contributed by atoms with Crippen molar-refractivity contribution in [3.05, 3.63) is 59.5 Å². The Bertz CT molecular complexity index is 634. The lowest BCUT2D eigenvalue weighted by molar-refractivity contribution is 0.0939. The molecule has 2 aromatic rings. The van der Waals surface area contributed by atoms with Gasteiger partial charge < -0.3 is 15.5 Å². The average Bonchev–Trinajstić information content (AvgIpc) is 2.98. The lowest BCUT2D eigenvalue weighted by Gasteiger charge is -2.12. The second-order valence-electron chi connectivity index (χ2n) is 4.74. The number of benzene rings is 1. The van der Waals surface area contributed by atoms with E-state index in [1.165, 1.54) is 0 Å². The standard InChI is InChI=1S/C17H18N2O2/c1-13(12-16-5-3-11-21-16)19-17(20)15-8-6-14(7-9-15)4-2-10-18/h3,5-9,11,13H,10,12,18H2,1H3,(H,19,20). The fourth-order valence-electron chi connectivity index (χ4n) is 1.95. The molecule has 1 aromatic heterocycles. The number of carbonyl (C=O) groups is 1. The predicted octanol–water partition coefficient (Wildman–Crippen LogP) is 1.95. The molecule has 0 aliphatic rings. The molecule has 0 aliphatic carbocycles. The molecule has 0 radical (unpaired) electrons. The first kappa shape index (κ1) is 14.9. The molecule has 0 bridgehead atoms. The third-order valence-electron chi connectivity index (χ3n) is 2.95. The van der Waals surface area contributed by atoms with E-state index in [0.29, 0.717) is 18.5 Å². The zero-order valence-corrected chi connectivity index (χ0v) is 11.9. The number of nitrogens with two attached hydrogens (primary N) is 1. The summed E-state index contributed by atoms with van der Waals surface area (Å²) in [6, 6.07) is 10.9. The van der Waals surface area contributed by atoms with Gasteiger partial charge in [-0.15, -0.1) is 0 Å². The molecule has 1 heterocycles. The number of rotatable bonds is 4. The van der Waals surface area contributed by atoms with Crippen LogP contribution in [0.25, 0.3) is 0 Å². The van der Waals surface area contributed by atoms with Crippen molar-refractivity contribution in [1.29, 1.82) is 0 Å². The Hall–Kier alpha value is -2.51. The minimum absolute atomic E-state index is 0.000332. The lowest BCUT2D eigenvalue weighted by Crippen LogP contribution is -2.33. The van der Waals surface area contributed by atoms with Crippen molar-refractivity contribution in [1.82, 2.24) is 5.32 Å². The molecule has 1 amide bonds. The molecule has 21 heavy (non-hydrogen) atoms. The van der Waals surface area contributed by atoms with Crippen LogP contribution in [0.5, 0.6) is 0 Å². The van der Waals surface area contributed by atoms with Gasteiger partial charge in [-0.3, -0.25) is 4.79 Å². The quantitative estimate of drug-likeness (QED) is 0.842. The molecule has 108 valence electrons. The Balaban J connectivity index is 1.93. The van der Waals surface area contributed by atoms with Crippen LogP contribution in [-0.4, -0.2) is 18.5 Å². The molecule has 4 nitrogen and oxygen atoms in total. The first-order valence-electron chi connectivity index (χ1n) is 6.81. The number of nitrogens with one attached hydrogen (secondary N) is 1. The van der Waals surface area contributed by atoms with Crippen LogP contribution in [-0.2, 0) is 6.42 Å². The first-order chi connectivity index (χ1) is 10.2. The molecule has 0 saturated carbocycles. The van der Waals surface area contributed by atoms with Crippen molar-refractivity contribution in [2.75, 3.05) is 6.54 Å². The van der Waals surface area contributed by atoms with Crippen LogP contribution in [0.15, 0.2) is 47.1 Å². The first-order valence-corrected chi connectivity index (χ1v) is 6.81. The van der Waals surface area contributed by atoms with Crippen molar-refractivity contribution in [2.45, 2.75) is 19.4 Å². The molecular weight excluding hydrogens is 264 g/mol. The van der Waals surface area contributed by atoms with E-state index in [0.717, 1.165) is 11.3 Å². The predicted molar refractivity (Wildman–Crippen MR) is 81.7 cm³/mol. The van der Waals surface area contributed by atoms with E-state index >= 15 is 0 Å². The smallest absolute Gasteiger partial charge is 0.251 e. The van der Waals surface area contributed by atoms with E-state index in [1.54, 1.807) is 18.4 Å². The summed E-state index contributed by atoms with van der Waals surface area (Å²) in [6.07, 6.45) is 2.30. The van der Waals surface area contributed by atoms with Crippen LogP contribution < -0.4 is 11.1 Å². The topological polar surface area (TPSA) is 68.3 Å². The normalized spacial score (nSPS) is 11.3. The Morgan fingerprint density at radius 2 is 2.10 bits per heavy atom. The van der Waals surface area contributed by atoms with Crippen LogP contribution in [0.2, 0.25) is 0 Å². The van der Waals surface area contributed by atoms with E-state index in [4.69, 9.17) is 10.2 Å². The third-order valence-corrected chi connectivity index (χ3v) is 2.95. The summed E-state index contributed by atoms with van der Waals surface area (Å²) < 4.78 is 5.27. The molecule has 0 aliphatic heterocycles. The van der Waals surface area contributed by atoms with E-state index in [2.05, 4.69) is 17.2 Å². The molecule has 4 heteroatoms. The highest BCUT2D eigenvalue weighted by molar-refractivity contribution is 5.94. The van der Waals surface area contributed by atoms with Crippen LogP contribution in [0.3, 0.4) is 0 Å². The zero-order valence-electron chi connectivity index (χ0n) is 11.9. The van der Waals surface area contributed by atoms with Gasteiger partial charge in [0.05, 0.1) is 12.8 Å². The summed E-state index contributed by atoms with van der Waals surface area (Å²) in [5, 5.41) is 2.94. The number of carbonyl (C=O) groups excluding carboxylic acids is 1. The van der Waals surface area contributed by atoms with E-state index in [-0.39, 0.29) is 11.9 Å². The minimum atomic E-state index is -0.104. The maximum absolute atomic E-state index is 12.1. The average molecular weight is 282 g/mol. The third kappa shape index (κ3) is 4.51. The second-order valence-corrected chi connectivity index (χ2v) is 4.74. The van der Waals surface area contributed by atoms with Crippen molar-refractivity contribution >= 4 is 5.91 Å². The lowest BCUT2D eigenvalue weighted by atomic mass is 10.1. The molecule has 0 saturated heterocycles. The van der Waals surface area contributed by atoms with Gasteiger partial charge in [0.25, 0.3) is 5.91 Å². The van der Waals surface area contributed by atoms with Crippen molar-refractivity contribution in [3.8, 4) is 11.8 Å². The maximum atomic E-state index is 12.1. The minimum Gasteiger partial charge on any atom is -0.469 e. The van der Waals surface area contributed by atoms with Gasteiger partial charge in [0.2, 0.25) is 0 Å². The Morgan fingerprint density at radius 1 is 1.33 bits per heavy atom. The summed E-state index contributed by atoms with van der Waals surface area (Å²) in [4.78, 5) is 12.1. The van der Waals surface area contributed by atoms with Crippen molar-refractivity contribution < 1.29 is 9.21 Å². The van der Waals surface area contributed by atoms with Gasteiger partial charge in [-0.2, -0.15) is 0 Å². The molecular formula is C17H18N2O2. The molecule has 0 fully saturated rings. The molecule has 3 N–H and O–H groups in total. The monoisotopic (exact) mass is 282 g/mol. The van der Waals surface area contributed by atoms with Crippen LogP contribution in [0.4, 0.5) is 0 Å². The van der Waals surface area contributed by atoms with E-state index in [9.17, 15) is 4.79 Å². The second kappa shape index (κ2) is 7.32. The summed E-state index contributed by atoms with van der Waals surface area (Å²) in [6.45, 7) is 2.27. The number of hydrogen-bond donors (Lipinski definition) is 2. The molecule has 0 spiro atoms. The van der Waals surface area contributed by atoms with E-state index < -0.39 is 0 Å². The van der Waals surface area contributed by atoms with Gasteiger partial charge in [-0.25, -0.2) is 0 Å². The molecule has 2 rings (SSSR count).